The molecule has 7 nitrogen and oxygen atoms in total. The van der Waals surface area contributed by atoms with Crippen LogP contribution in [0.3, 0.4) is 0 Å². The van der Waals surface area contributed by atoms with Gasteiger partial charge in [0, 0.05) is 32.6 Å². The second-order valence-electron chi connectivity index (χ2n) is 6.70. The Kier molecular flexibility index (Phi) is 6.52. The number of halogens is 1. The number of benzene rings is 1. The highest BCUT2D eigenvalue weighted by molar-refractivity contribution is 7.89. The monoisotopic (exact) mass is 412 g/mol. The molecule has 2 aromatic rings. The molecular weight excluding hydrogens is 388 g/mol. The summed E-state index contributed by atoms with van der Waals surface area (Å²) in [5.74, 6) is 1.32. The van der Waals surface area contributed by atoms with E-state index in [0.29, 0.717) is 32.1 Å². The van der Waals surface area contributed by atoms with Crippen LogP contribution in [0.15, 0.2) is 33.7 Å². The molecule has 0 radical (unpaired) electrons. The van der Waals surface area contributed by atoms with Crippen molar-refractivity contribution in [2.24, 2.45) is 0 Å². The summed E-state index contributed by atoms with van der Waals surface area (Å²) >= 11 is 6.08. The first kappa shape index (κ1) is 20.3. The van der Waals surface area contributed by atoms with E-state index in [2.05, 4.69) is 22.0 Å². The lowest BCUT2D eigenvalue weighted by molar-refractivity contribution is 0.124. The van der Waals surface area contributed by atoms with Gasteiger partial charge < -0.3 is 4.52 Å². The van der Waals surface area contributed by atoms with Crippen molar-refractivity contribution in [3.63, 3.8) is 0 Å². The van der Waals surface area contributed by atoms with Crippen LogP contribution in [0.5, 0.6) is 0 Å². The molecule has 0 bridgehead atoms. The standard InChI is InChI=1S/C18H25ClN4O3S/c1-3-4-9-17-20-18(26-21-17)14(2)22-10-12-23(13-11-22)27(24,25)16-8-6-5-7-15(16)19/h5-8,14H,3-4,9-13H2,1-2H3. The molecule has 0 N–H and O–H groups in total. The summed E-state index contributed by atoms with van der Waals surface area (Å²) in [4.78, 5) is 6.80. The smallest absolute Gasteiger partial charge is 0.244 e. The highest BCUT2D eigenvalue weighted by Crippen LogP contribution is 2.27. The second-order valence-corrected chi connectivity index (χ2v) is 9.01. The summed E-state index contributed by atoms with van der Waals surface area (Å²) in [5, 5.41) is 4.29. The van der Waals surface area contributed by atoms with Crippen LogP contribution in [-0.4, -0.2) is 53.9 Å². The number of sulfonamides is 1. The van der Waals surface area contributed by atoms with Gasteiger partial charge in [-0.05, 0) is 25.5 Å². The van der Waals surface area contributed by atoms with E-state index in [1.807, 2.05) is 6.92 Å². The summed E-state index contributed by atoms with van der Waals surface area (Å²) in [6.45, 7) is 6.12. The molecule has 9 heteroatoms. The quantitative estimate of drug-likeness (QED) is 0.695. The number of hydrogen-bond donors (Lipinski definition) is 0. The number of rotatable bonds is 7. The van der Waals surface area contributed by atoms with E-state index in [4.69, 9.17) is 16.1 Å². The van der Waals surface area contributed by atoms with E-state index in [9.17, 15) is 8.42 Å². The number of piperazine rings is 1. The number of hydrogen-bond acceptors (Lipinski definition) is 6. The third-order valence-corrected chi connectivity index (χ3v) is 7.27. The molecule has 1 aromatic heterocycles. The van der Waals surface area contributed by atoms with Gasteiger partial charge in [0.25, 0.3) is 0 Å². The Morgan fingerprint density at radius 2 is 1.93 bits per heavy atom. The van der Waals surface area contributed by atoms with Crippen molar-refractivity contribution in [1.82, 2.24) is 19.3 Å². The van der Waals surface area contributed by atoms with E-state index in [0.717, 1.165) is 25.1 Å². The highest BCUT2D eigenvalue weighted by atomic mass is 35.5. The number of aryl methyl sites for hydroxylation is 1. The minimum absolute atomic E-state index is 0.0435. The Hall–Kier alpha value is -1.48. The van der Waals surface area contributed by atoms with Crippen LogP contribution in [-0.2, 0) is 16.4 Å². The first-order valence-electron chi connectivity index (χ1n) is 9.24. The summed E-state index contributed by atoms with van der Waals surface area (Å²) < 4.78 is 32.6. The van der Waals surface area contributed by atoms with Gasteiger partial charge in [-0.25, -0.2) is 8.42 Å². The van der Waals surface area contributed by atoms with Crippen LogP contribution in [0.4, 0.5) is 0 Å². The summed E-state index contributed by atoms with van der Waals surface area (Å²) in [6.07, 6.45) is 2.93. The molecule has 0 aliphatic carbocycles. The van der Waals surface area contributed by atoms with E-state index in [1.165, 1.54) is 4.31 Å². The fourth-order valence-electron chi connectivity index (χ4n) is 3.15. The Bertz CT molecular complexity index is 863. The van der Waals surface area contributed by atoms with Crippen LogP contribution in [0.1, 0.15) is 44.4 Å². The van der Waals surface area contributed by atoms with E-state index >= 15 is 0 Å². The topological polar surface area (TPSA) is 79.5 Å². The molecule has 1 aliphatic heterocycles. The summed E-state index contributed by atoms with van der Waals surface area (Å²) in [6, 6.07) is 6.50. The lowest BCUT2D eigenvalue weighted by atomic mass is 10.2. The van der Waals surface area contributed by atoms with Gasteiger partial charge in [-0.2, -0.15) is 9.29 Å². The highest BCUT2D eigenvalue weighted by Gasteiger charge is 2.32. The van der Waals surface area contributed by atoms with Gasteiger partial charge in [-0.3, -0.25) is 4.90 Å². The van der Waals surface area contributed by atoms with E-state index in [-0.39, 0.29) is 16.0 Å². The largest absolute Gasteiger partial charge is 0.338 e. The molecule has 148 valence electrons. The molecule has 27 heavy (non-hydrogen) atoms. The molecule has 1 fully saturated rings. The molecule has 3 rings (SSSR count). The maximum absolute atomic E-state index is 12.8. The fourth-order valence-corrected chi connectivity index (χ4v) is 5.07. The fraction of sp³-hybridized carbons (Fsp3) is 0.556. The maximum atomic E-state index is 12.8. The summed E-state index contributed by atoms with van der Waals surface area (Å²) in [5.41, 5.74) is 0. The van der Waals surface area contributed by atoms with Gasteiger partial charge in [0.05, 0.1) is 11.1 Å². The van der Waals surface area contributed by atoms with Gasteiger partial charge in [0.1, 0.15) is 4.90 Å². The zero-order valence-electron chi connectivity index (χ0n) is 15.6. The number of nitrogens with zero attached hydrogens (tertiary/aromatic N) is 4. The molecule has 1 aromatic carbocycles. The molecule has 1 saturated heterocycles. The zero-order valence-corrected chi connectivity index (χ0v) is 17.2. The molecule has 0 spiro atoms. The second kappa shape index (κ2) is 8.68. The van der Waals surface area contributed by atoms with Gasteiger partial charge in [0.15, 0.2) is 5.82 Å². The molecule has 2 heterocycles. The van der Waals surface area contributed by atoms with Gasteiger partial charge >= 0.3 is 0 Å². The van der Waals surface area contributed by atoms with E-state index < -0.39 is 10.0 Å². The molecule has 0 saturated carbocycles. The lowest BCUT2D eigenvalue weighted by Gasteiger charge is -2.36. The Morgan fingerprint density at radius 1 is 1.22 bits per heavy atom. The van der Waals surface area contributed by atoms with E-state index in [1.54, 1.807) is 24.3 Å². The first-order chi connectivity index (χ1) is 12.9. The average molecular weight is 413 g/mol. The average Bonchev–Trinajstić information content (AvgIpc) is 3.15. The predicted octanol–water partition coefficient (Wildman–Crippen LogP) is 3.13. The number of unbranched alkanes of at least 4 members (excludes halogenated alkanes) is 1. The summed E-state index contributed by atoms with van der Waals surface area (Å²) in [7, 11) is -3.59. The molecule has 1 aliphatic rings. The van der Waals surface area contributed by atoms with Crippen molar-refractivity contribution >= 4 is 21.6 Å². The van der Waals surface area contributed by atoms with Gasteiger partial charge in [0.2, 0.25) is 15.9 Å². The Balaban J connectivity index is 1.63. The lowest BCUT2D eigenvalue weighted by Crippen LogP contribution is -2.49. The van der Waals surface area contributed by atoms with Crippen molar-refractivity contribution in [3.05, 3.63) is 41.0 Å². The molecule has 0 amide bonds. The third-order valence-electron chi connectivity index (χ3n) is 4.87. The van der Waals surface area contributed by atoms with Crippen molar-refractivity contribution in [3.8, 4) is 0 Å². The van der Waals surface area contributed by atoms with Crippen molar-refractivity contribution in [1.29, 1.82) is 0 Å². The minimum atomic E-state index is -3.59. The molecule has 1 unspecified atom stereocenters. The zero-order chi connectivity index (χ0) is 19.4. The van der Waals surface area contributed by atoms with Crippen molar-refractivity contribution in [2.75, 3.05) is 26.2 Å². The van der Waals surface area contributed by atoms with Crippen LogP contribution in [0.25, 0.3) is 0 Å². The Labute approximate surface area is 165 Å². The number of aromatic nitrogens is 2. The van der Waals surface area contributed by atoms with Crippen LogP contribution in [0.2, 0.25) is 5.02 Å². The first-order valence-corrected chi connectivity index (χ1v) is 11.1. The van der Waals surface area contributed by atoms with Gasteiger partial charge in [-0.1, -0.05) is 42.2 Å². The van der Waals surface area contributed by atoms with Crippen LogP contribution < -0.4 is 0 Å². The maximum Gasteiger partial charge on any atom is 0.244 e. The SMILES string of the molecule is CCCCc1noc(C(C)N2CCN(S(=O)(=O)c3ccccc3Cl)CC2)n1. The predicted molar refractivity (Wildman–Crippen MR) is 103 cm³/mol. The normalized spacial score (nSPS) is 17.9. The molecule has 1 atom stereocenters. The van der Waals surface area contributed by atoms with Crippen molar-refractivity contribution in [2.45, 2.75) is 44.0 Å². The Morgan fingerprint density at radius 3 is 2.59 bits per heavy atom. The van der Waals surface area contributed by atoms with Crippen LogP contribution >= 0.6 is 11.6 Å². The van der Waals surface area contributed by atoms with Gasteiger partial charge in [-0.15, -0.1) is 0 Å². The third kappa shape index (κ3) is 4.51. The van der Waals surface area contributed by atoms with Crippen molar-refractivity contribution < 1.29 is 12.9 Å². The minimum Gasteiger partial charge on any atom is -0.338 e. The van der Waals surface area contributed by atoms with Crippen LogP contribution in [0, 0.1) is 0 Å². The molecular formula is C18H25ClN4O3S.